The molecule has 0 radical (unpaired) electrons. The lowest BCUT2D eigenvalue weighted by Gasteiger charge is -2.40. The molecule has 1 aliphatic heterocycles. The minimum absolute atomic E-state index is 0.0638. The van der Waals surface area contributed by atoms with E-state index in [2.05, 4.69) is 26.0 Å². The molecule has 0 saturated carbocycles. The summed E-state index contributed by atoms with van der Waals surface area (Å²) in [6, 6.07) is 1.84. The van der Waals surface area contributed by atoms with Gasteiger partial charge in [-0.3, -0.25) is 9.48 Å². The Kier molecular flexibility index (Phi) is 3.54. The lowest BCUT2D eigenvalue weighted by atomic mass is 10.1. The molecule has 0 aromatic carbocycles. The largest absolute Gasteiger partial charge is 0.483 e. The smallest absolute Gasteiger partial charge is 0.269 e. The van der Waals surface area contributed by atoms with Crippen molar-refractivity contribution in [1.29, 1.82) is 0 Å². The molecule has 110 valence electrons. The molecule has 2 N–H and O–H groups in total. The number of carbonyl (C=O) groups is 1. The summed E-state index contributed by atoms with van der Waals surface area (Å²) < 4.78 is 8.27. The van der Waals surface area contributed by atoms with Gasteiger partial charge in [-0.05, 0) is 22.0 Å². The molecule has 0 aliphatic carbocycles. The maximum atomic E-state index is 11.4. The summed E-state index contributed by atoms with van der Waals surface area (Å²) in [7, 11) is 1.84. The summed E-state index contributed by atoms with van der Waals surface area (Å²) in [6.45, 7) is 1.35. The number of amides is 1. The summed E-state index contributed by atoms with van der Waals surface area (Å²) in [5.41, 5.74) is 6.36. The summed E-state index contributed by atoms with van der Waals surface area (Å²) in [5, 5.41) is 4.05. The number of nitrogens with zero attached hydrogens (tertiary/aromatic N) is 4. The monoisotopic (exact) mass is 351 g/mol. The molecule has 1 saturated heterocycles. The first-order valence-corrected chi connectivity index (χ1v) is 7.18. The van der Waals surface area contributed by atoms with Crippen LogP contribution in [0.25, 0.3) is 0 Å². The molecular formula is C13H14BrN5O2. The maximum absolute atomic E-state index is 11.4. The van der Waals surface area contributed by atoms with E-state index >= 15 is 0 Å². The highest BCUT2D eigenvalue weighted by Gasteiger charge is 2.31. The fourth-order valence-electron chi connectivity index (χ4n) is 2.22. The third-order valence-corrected chi connectivity index (χ3v) is 3.67. The predicted molar refractivity (Wildman–Crippen MR) is 80.3 cm³/mol. The van der Waals surface area contributed by atoms with E-state index in [1.54, 1.807) is 17.1 Å². The quantitative estimate of drug-likeness (QED) is 0.885. The maximum Gasteiger partial charge on any atom is 0.269 e. The topological polar surface area (TPSA) is 86.3 Å². The van der Waals surface area contributed by atoms with Crippen LogP contribution in [0.5, 0.6) is 5.75 Å². The van der Waals surface area contributed by atoms with Gasteiger partial charge in [-0.2, -0.15) is 5.10 Å². The third-order valence-electron chi connectivity index (χ3n) is 3.24. The second-order valence-electron chi connectivity index (χ2n) is 4.88. The fourth-order valence-corrected chi connectivity index (χ4v) is 2.54. The van der Waals surface area contributed by atoms with Gasteiger partial charge in [-0.1, -0.05) is 0 Å². The van der Waals surface area contributed by atoms with E-state index in [-0.39, 0.29) is 11.8 Å². The van der Waals surface area contributed by atoms with Gasteiger partial charge in [0.1, 0.15) is 6.10 Å². The van der Waals surface area contributed by atoms with Gasteiger partial charge in [0, 0.05) is 17.7 Å². The van der Waals surface area contributed by atoms with Gasteiger partial charge in [0.05, 0.1) is 31.2 Å². The van der Waals surface area contributed by atoms with Gasteiger partial charge in [-0.25, -0.2) is 4.98 Å². The van der Waals surface area contributed by atoms with Crippen LogP contribution in [0.4, 0.5) is 5.69 Å². The van der Waals surface area contributed by atoms with Crippen LogP contribution in [0.15, 0.2) is 29.1 Å². The molecule has 0 spiro atoms. The molecule has 1 aliphatic rings. The molecule has 2 aromatic rings. The zero-order valence-corrected chi connectivity index (χ0v) is 12.9. The second kappa shape index (κ2) is 5.36. The van der Waals surface area contributed by atoms with Crippen molar-refractivity contribution in [1.82, 2.24) is 14.8 Å². The average Bonchev–Trinajstić information content (AvgIpc) is 2.78. The normalized spacial score (nSPS) is 14.9. The number of primary amides is 1. The Hall–Kier alpha value is -2.09. The number of halogens is 1. The molecule has 3 heterocycles. The Labute approximate surface area is 129 Å². The van der Waals surface area contributed by atoms with E-state index in [9.17, 15) is 4.79 Å². The van der Waals surface area contributed by atoms with Crippen LogP contribution >= 0.6 is 15.9 Å². The summed E-state index contributed by atoms with van der Waals surface area (Å²) >= 11 is 3.36. The van der Waals surface area contributed by atoms with Gasteiger partial charge in [-0.15, -0.1) is 0 Å². The Balaban J connectivity index is 1.68. The first kappa shape index (κ1) is 13.9. The molecule has 21 heavy (non-hydrogen) atoms. The van der Waals surface area contributed by atoms with Crippen LogP contribution in [0.2, 0.25) is 0 Å². The summed E-state index contributed by atoms with van der Waals surface area (Å²) in [4.78, 5) is 17.5. The number of rotatable bonds is 4. The van der Waals surface area contributed by atoms with Crippen LogP contribution in [-0.4, -0.2) is 39.9 Å². The first-order chi connectivity index (χ1) is 10.0. The third kappa shape index (κ3) is 2.85. The summed E-state index contributed by atoms with van der Waals surface area (Å²) in [6.07, 6.45) is 5.12. The number of hydrogen-bond acceptors (Lipinski definition) is 5. The predicted octanol–water partition coefficient (Wildman–Crippen LogP) is 0.944. The van der Waals surface area contributed by atoms with Crippen molar-refractivity contribution < 1.29 is 9.53 Å². The Morgan fingerprint density at radius 3 is 2.86 bits per heavy atom. The highest BCUT2D eigenvalue weighted by Crippen LogP contribution is 2.28. The molecule has 1 fully saturated rings. The molecule has 2 aromatic heterocycles. The Bertz CT molecular complexity index is 681. The number of nitrogens with two attached hydrogens (primary N) is 1. The van der Waals surface area contributed by atoms with Gasteiger partial charge < -0.3 is 15.4 Å². The molecule has 0 atom stereocenters. The van der Waals surface area contributed by atoms with Crippen LogP contribution in [0, 0.1) is 0 Å². The van der Waals surface area contributed by atoms with E-state index in [0.717, 1.165) is 15.9 Å². The van der Waals surface area contributed by atoms with Crippen LogP contribution < -0.4 is 15.4 Å². The SMILES string of the molecule is Cn1cc(OC2CN(c3cc(Br)cnc3C(N)=O)C2)cn1. The van der Waals surface area contributed by atoms with Gasteiger partial charge in [0.2, 0.25) is 0 Å². The molecule has 1 amide bonds. The van der Waals surface area contributed by atoms with Crippen molar-refractivity contribution >= 4 is 27.5 Å². The Morgan fingerprint density at radius 1 is 1.48 bits per heavy atom. The standard InChI is InChI=1S/C13H14BrN5O2/c1-18-5-9(4-17-18)21-10-6-19(7-10)11-2-8(14)3-16-12(11)13(15)20/h2-5,10H,6-7H2,1H3,(H2,15,20). The van der Waals surface area contributed by atoms with Crippen molar-refractivity contribution in [2.75, 3.05) is 18.0 Å². The van der Waals surface area contributed by atoms with E-state index in [4.69, 9.17) is 10.5 Å². The average molecular weight is 352 g/mol. The molecule has 0 bridgehead atoms. The number of ether oxygens (including phenoxy) is 1. The lowest BCUT2D eigenvalue weighted by molar-refractivity contribution is 0.0994. The number of carbonyl (C=O) groups excluding carboxylic acids is 1. The van der Waals surface area contributed by atoms with E-state index in [1.807, 2.05) is 24.2 Å². The Morgan fingerprint density at radius 2 is 2.24 bits per heavy atom. The number of pyridine rings is 1. The number of anilines is 1. The van der Waals surface area contributed by atoms with Gasteiger partial charge in [0.25, 0.3) is 5.91 Å². The molecule has 3 rings (SSSR count). The summed E-state index contributed by atoms with van der Waals surface area (Å²) in [5.74, 6) is 0.207. The van der Waals surface area contributed by atoms with Crippen molar-refractivity contribution in [2.45, 2.75) is 6.10 Å². The van der Waals surface area contributed by atoms with E-state index < -0.39 is 5.91 Å². The molecule has 7 nitrogen and oxygen atoms in total. The minimum atomic E-state index is -0.533. The van der Waals surface area contributed by atoms with Crippen molar-refractivity contribution in [3.8, 4) is 5.75 Å². The first-order valence-electron chi connectivity index (χ1n) is 6.38. The van der Waals surface area contributed by atoms with Crippen molar-refractivity contribution in [3.05, 3.63) is 34.8 Å². The fraction of sp³-hybridized carbons (Fsp3) is 0.308. The number of aromatic nitrogens is 3. The zero-order chi connectivity index (χ0) is 15.0. The van der Waals surface area contributed by atoms with Crippen molar-refractivity contribution in [2.24, 2.45) is 12.8 Å². The van der Waals surface area contributed by atoms with Crippen LogP contribution in [0.1, 0.15) is 10.5 Å². The second-order valence-corrected chi connectivity index (χ2v) is 5.80. The van der Waals surface area contributed by atoms with Crippen LogP contribution in [0.3, 0.4) is 0 Å². The van der Waals surface area contributed by atoms with Gasteiger partial charge >= 0.3 is 0 Å². The highest BCUT2D eigenvalue weighted by atomic mass is 79.9. The number of aryl methyl sites for hydroxylation is 1. The van der Waals surface area contributed by atoms with Gasteiger partial charge in [0.15, 0.2) is 11.4 Å². The van der Waals surface area contributed by atoms with Crippen molar-refractivity contribution in [3.63, 3.8) is 0 Å². The minimum Gasteiger partial charge on any atom is -0.483 e. The molecular weight excluding hydrogens is 338 g/mol. The highest BCUT2D eigenvalue weighted by molar-refractivity contribution is 9.10. The molecule has 8 heteroatoms. The van der Waals surface area contributed by atoms with E-state index in [1.165, 1.54) is 0 Å². The van der Waals surface area contributed by atoms with E-state index in [0.29, 0.717) is 13.1 Å². The molecule has 0 unspecified atom stereocenters. The number of hydrogen-bond donors (Lipinski definition) is 1. The zero-order valence-electron chi connectivity index (χ0n) is 11.4. The lowest BCUT2D eigenvalue weighted by Crippen LogP contribution is -2.54. The van der Waals surface area contributed by atoms with Crippen LogP contribution in [-0.2, 0) is 7.05 Å².